The number of hydrogen-bond donors (Lipinski definition) is 2. The highest BCUT2D eigenvalue weighted by molar-refractivity contribution is 7.90. The van der Waals surface area contributed by atoms with Gasteiger partial charge in [-0.15, -0.1) is 0 Å². The summed E-state index contributed by atoms with van der Waals surface area (Å²) in [5, 5.41) is 5.26. The Hall–Kier alpha value is -4.36. The highest BCUT2D eigenvalue weighted by atomic mass is 32.2. The number of amides is 2. The summed E-state index contributed by atoms with van der Waals surface area (Å²) in [6, 6.07) is 11.7. The standard InChI is InChI=1S/C26H21F3N6O3S/c1-14-4-5-18(33-24(37)17-7-8-30-22(10-17)26(27,28)29)12-19(14)21-13-20(34-25(35-21)39(3)38)16-6-9-31-23(11-16)32-15(2)36/h4-13H,1-3H3,(H,33,37)(H,31,32,36). The van der Waals surface area contributed by atoms with Gasteiger partial charge in [-0.1, -0.05) is 6.07 Å². The lowest BCUT2D eigenvalue weighted by atomic mass is 10.0. The van der Waals surface area contributed by atoms with Crippen molar-refractivity contribution in [3.8, 4) is 22.5 Å². The number of hydrogen-bond acceptors (Lipinski definition) is 7. The summed E-state index contributed by atoms with van der Waals surface area (Å²) >= 11 is -1.54. The monoisotopic (exact) mass is 554 g/mol. The molecule has 13 heteroatoms. The fourth-order valence-corrected chi connectivity index (χ4v) is 4.04. The van der Waals surface area contributed by atoms with Crippen LogP contribution in [0.2, 0.25) is 0 Å². The molecule has 9 nitrogen and oxygen atoms in total. The van der Waals surface area contributed by atoms with Gasteiger partial charge in [0.1, 0.15) is 17.8 Å². The molecule has 1 unspecified atom stereocenters. The van der Waals surface area contributed by atoms with E-state index in [0.29, 0.717) is 40.1 Å². The smallest absolute Gasteiger partial charge is 0.433 e. The zero-order chi connectivity index (χ0) is 28.3. The maximum absolute atomic E-state index is 13.0. The van der Waals surface area contributed by atoms with Gasteiger partial charge in [0.05, 0.1) is 11.4 Å². The van der Waals surface area contributed by atoms with Gasteiger partial charge in [-0.25, -0.2) is 4.98 Å². The van der Waals surface area contributed by atoms with E-state index in [9.17, 15) is 27.3 Å². The molecule has 0 radical (unpaired) electrons. The Balaban J connectivity index is 1.71. The summed E-state index contributed by atoms with van der Waals surface area (Å²) in [6.07, 6.45) is -0.836. The zero-order valence-electron chi connectivity index (χ0n) is 20.8. The van der Waals surface area contributed by atoms with Crippen molar-refractivity contribution in [2.75, 3.05) is 16.9 Å². The summed E-state index contributed by atoms with van der Waals surface area (Å²) in [5.74, 6) is -0.738. The highest BCUT2D eigenvalue weighted by Gasteiger charge is 2.33. The Morgan fingerprint density at radius 2 is 1.64 bits per heavy atom. The topological polar surface area (TPSA) is 133 Å². The molecule has 3 heterocycles. The Morgan fingerprint density at radius 1 is 0.923 bits per heavy atom. The molecule has 1 aromatic carbocycles. The lowest BCUT2D eigenvalue weighted by molar-refractivity contribution is -0.141. The fourth-order valence-electron chi connectivity index (χ4n) is 3.58. The van der Waals surface area contributed by atoms with Crippen molar-refractivity contribution in [1.82, 2.24) is 19.9 Å². The van der Waals surface area contributed by atoms with Crippen LogP contribution in [-0.4, -0.2) is 42.6 Å². The van der Waals surface area contributed by atoms with Crippen molar-refractivity contribution in [2.45, 2.75) is 25.2 Å². The molecular formula is C26H21F3N6O3S. The lowest BCUT2D eigenvalue weighted by Crippen LogP contribution is -2.15. The van der Waals surface area contributed by atoms with Crippen molar-refractivity contribution < 1.29 is 27.3 Å². The minimum absolute atomic E-state index is 0.0608. The van der Waals surface area contributed by atoms with E-state index in [-0.39, 0.29) is 16.6 Å². The van der Waals surface area contributed by atoms with Gasteiger partial charge in [0, 0.05) is 52.9 Å². The molecule has 0 aliphatic heterocycles. The van der Waals surface area contributed by atoms with Crippen molar-refractivity contribution in [1.29, 1.82) is 0 Å². The second kappa shape index (κ2) is 11.2. The van der Waals surface area contributed by atoms with Crippen LogP contribution in [-0.2, 0) is 22.1 Å². The van der Waals surface area contributed by atoms with E-state index in [1.807, 2.05) is 6.92 Å². The normalized spacial score (nSPS) is 12.1. The molecule has 0 saturated heterocycles. The number of carbonyl (C=O) groups excluding carboxylic acids is 2. The van der Waals surface area contributed by atoms with E-state index in [2.05, 4.69) is 30.6 Å². The Bertz CT molecular complexity index is 1560. The van der Waals surface area contributed by atoms with E-state index in [0.717, 1.165) is 11.8 Å². The van der Waals surface area contributed by atoms with Crippen LogP contribution in [0, 0.1) is 6.92 Å². The van der Waals surface area contributed by atoms with Crippen molar-refractivity contribution in [2.24, 2.45) is 0 Å². The van der Waals surface area contributed by atoms with Gasteiger partial charge in [0.2, 0.25) is 5.91 Å². The number of anilines is 2. The number of alkyl halides is 3. The van der Waals surface area contributed by atoms with Crippen molar-refractivity contribution >= 4 is 34.5 Å². The van der Waals surface area contributed by atoms with Gasteiger partial charge in [0.25, 0.3) is 5.91 Å². The summed E-state index contributed by atoms with van der Waals surface area (Å²) in [6.45, 7) is 3.17. The third-order valence-corrected chi connectivity index (χ3v) is 6.10. The minimum atomic E-state index is -4.69. The molecule has 3 aromatic heterocycles. The van der Waals surface area contributed by atoms with E-state index in [1.165, 1.54) is 25.4 Å². The first-order valence-corrected chi connectivity index (χ1v) is 12.9. The predicted octanol–water partition coefficient (Wildman–Crippen LogP) is 4.88. The Kier molecular flexibility index (Phi) is 7.93. The average molecular weight is 555 g/mol. The summed E-state index contributed by atoms with van der Waals surface area (Å²) in [5.41, 5.74) is 1.68. The van der Waals surface area contributed by atoms with E-state index in [1.54, 1.807) is 36.4 Å². The molecule has 0 spiro atoms. The number of pyridine rings is 2. The van der Waals surface area contributed by atoms with Crippen LogP contribution in [0.4, 0.5) is 24.7 Å². The van der Waals surface area contributed by atoms with Crippen LogP contribution in [0.5, 0.6) is 0 Å². The molecule has 0 fully saturated rings. The number of aromatic nitrogens is 4. The number of nitrogens with one attached hydrogen (secondary N) is 2. The summed E-state index contributed by atoms with van der Waals surface area (Å²) in [7, 11) is 0. The predicted molar refractivity (Wildman–Crippen MR) is 139 cm³/mol. The average Bonchev–Trinajstić information content (AvgIpc) is 2.89. The van der Waals surface area contributed by atoms with Gasteiger partial charge in [-0.05, 0) is 55.0 Å². The number of aryl methyl sites for hydroxylation is 1. The molecule has 200 valence electrons. The molecule has 39 heavy (non-hydrogen) atoms. The molecule has 0 aliphatic carbocycles. The molecule has 2 N–H and O–H groups in total. The lowest BCUT2D eigenvalue weighted by Gasteiger charge is -2.13. The maximum atomic E-state index is 13.0. The van der Waals surface area contributed by atoms with Gasteiger partial charge in [-0.2, -0.15) is 23.1 Å². The van der Waals surface area contributed by atoms with Crippen LogP contribution < -0.4 is 10.6 Å². The third kappa shape index (κ3) is 6.75. The van der Waals surface area contributed by atoms with Gasteiger partial charge in [0.15, 0.2) is 0 Å². The van der Waals surface area contributed by atoms with E-state index >= 15 is 0 Å². The Morgan fingerprint density at radius 3 is 2.33 bits per heavy atom. The summed E-state index contributed by atoms with van der Waals surface area (Å²) in [4.78, 5) is 40.4. The van der Waals surface area contributed by atoms with E-state index in [4.69, 9.17) is 0 Å². The van der Waals surface area contributed by atoms with Crippen LogP contribution in [0.3, 0.4) is 0 Å². The maximum Gasteiger partial charge on any atom is 0.433 e. The van der Waals surface area contributed by atoms with Crippen molar-refractivity contribution in [3.63, 3.8) is 0 Å². The van der Waals surface area contributed by atoms with Crippen LogP contribution in [0.25, 0.3) is 22.5 Å². The number of nitrogens with zero attached hydrogens (tertiary/aromatic N) is 4. The van der Waals surface area contributed by atoms with Crippen molar-refractivity contribution in [3.05, 3.63) is 77.7 Å². The first-order chi connectivity index (χ1) is 18.4. The third-order valence-electron chi connectivity index (χ3n) is 5.41. The van der Waals surface area contributed by atoms with Gasteiger partial charge >= 0.3 is 11.3 Å². The van der Waals surface area contributed by atoms with E-state index < -0.39 is 29.0 Å². The molecule has 0 bridgehead atoms. The molecule has 4 aromatic rings. The quantitative estimate of drug-likeness (QED) is 0.257. The number of halogens is 3. The second-order valence-electron chi connectivity index (χ2n) is 8.40. The molecular weight excluding hydrogens is 533 g/mol. The fraction of sp³-hybridized carbons (Fsp3) is 0.154. The first-order valence-electron chi connectivity index (χ1n) is 11.3. The summed E-state index contributed by atoms with van der Waals surface area (Å²) < 4.78 is 51.4. The second-order valence-corrected chi connectivity index (χ2v) is 9.67. The van der Waals surface area contributed by atoms with Crippen LogP contribution in [0.15, 0.2) is 66.1 Å². The zero-order valence-corrected chi connectivity index (χ0v) is 21.6. The minimum Gasteiger partial charge on any atom is -0.609 e. The molecule has 0 aliphatic rings. The number of benzene rings is 1. The van der Waals surface area contributed by atoms with Gasteiger partial charge in [-0.3, -0.25) is 14.6 Å². The van der Waals surface area contributed by atoms with Crippen LogP contribution >= 0.6 is 0 Å². The molecule has 4 rings (SSSR count). The number of rotatable bonds is 6. The molecule has 1 atom stereocenters. The van der Waals surface area contributed by atoms with Gasteiger partial charge < -0.3 is 15.2 Å². The first kappa shape index (κ1) is 27.7. The molecule has 2 amide bonds. The largest absolute Gasteiger partial charge is 0.609 e. The number of carbonyl (C=O) groups is 2. The SMILES string of the molecule is CC(=O)Nc1cc(-c2cc(-c3cc(NC(=O)c4ccnc(C(F)(F)F)c4)ccc3C)nc([S+](C)[O-])n2)ccn1. The Labute approximate surface area is 224 Å². The highest BCUT2D eigenvalue weighted by Crippen LogP contribution is 2.31. The molecule has 0 saturated carbocycles. The van der Waals surface area contributed by atoms with Crippen LogP contribution in [0.1, 0.15) is 28.5 Å².